The van der Waals surface area contributed by atoms with E-state index in [1.165, 1.54) is 23.1 Å². The summed E-state index contributed by atoms with van der Waals surface area (Å²) >= 11 is 2.92. The van der Waals surface area contributed by atoms with E-state index in [2.05, 4.69) is 10.3 Å². The second-order valence-electron chi connectivity index (χ2n) is 3.59. The van der Waals surface area contributed by atoms with Crippen molar-refractivity contribution in [2.24, 2.45) is 0 Å². The van der Waals surface area contributed by atoms with Crippen molar-refractivity contribution in [3.8, 4) is 0 Å². The van der Waals surface area contributed by atoms with Crippen LogP contribution >= 0.6 is 23.1 Å². The molecule has 0 aliphatic rings. The van der Waals surface area contributed by atoms with Crippen LogP contribution in [0.2, 0.25) is 0 Å². The third kappa shape index (κ3) is 4.02. The molecule has 6 heteroatoms. The zero-order valence-corrected chi connectivity index (χ0v) is 11.4. The molecule has 1 unspecified atom stereocenters. The first-order chi connectivity index (χ1) is 7.52. The number of carbonyl (C=O) groups is 1. The molecule has 1 amide bonds. The number of nitrogens with one attached hydrogen (secondary N) is 1. The zero-order chi connectivity index (χ0) is 12.1. The molecular weight excluding hydrogens is 242 g/mol. The number of thioether (sulfide) groups is 1. The Morgan fingerprint density at radius 1 is 1.69 bits per heavy atom. The van der Waals surface area contributed by atoms with Gasteiger partial charge in [-0.1, -0.05) is 18.3 Å². The van der Waals surface area contributed by atoms with Crippen molar-refractivity contribution in [2.45, 2.75) is 37.4 Å². The van der Waals surface area contributed by atoms with Crippen LogP contribution in [-0.4, -0.2) is 22.7 Å². The molecule has 1 atom stereocenters. The summed E-state index contributed by atoms with van der Waals surface area (Å²) in [5.74, 6) is 0.484. The maximum Gasteiger partial charge on any atom is 0.230 e. The van der Waals surface area contributed by atoms with Crippen LogP contribution in [-0.2, 0) is 4.79 Å². The number of amides is 1. The van der Waals surface area contributed by atoms with Gasteiger partial charge in [-0.3, -0.25) is 4.79 Å². The highest BCUT2D eigenvalue weighted by Gasteiger charge is 2.10. The fourth-order valence-corrected chi connectivity index (χ4v) is 2.92. The van der Waals surface area contributed by atoms with E-state index in [9.17, 15) is 4.79 Å². The fourth-order valence-electron chi connectivity index (χ4n) is 1.09. The highest BCUT2D eigenvalue weighted by Crippen LogP contribution is 2.30. The van der Waals surface area contributed by atoms with Gasteiger partial charge in [0.25, 0.3) is 0 Å². The van der Waals surface area contributed by atoms with Crippen LogP contribution in [0.4, 0.5) is 5.13 Å². The van der Waals surface area contributed by atoms with Crippen LogP contribution in [0.3, 0.4) is 0 Å². The van der Waals surface area contributed by atoms with Crippen molar-refractivity contribution in [1.29, 1.82) is 0 Å². The smallest absolute Gasteiger partial charge is 0.230 e. The van der Waals surface area contributed by atoms with E-state index in [1.807, 2.05) is 20.8 Å². The predicted octanol–water partition coefficient (Wildman–Crippen LogP) is 2.04. The largest absolute Gasteiger partial charge is 0.375 e. The normalized spacial score (nSPS) is 12.4. The van der Waals surface area contributed by atoms with Gasteiger partial charge in [0.15, 0.2) is 5.13 Å². The Labute approximate surface area is 104 Å². The van der Waals surface area contributed by atoms with E-state index >= 15 is 0 Å². The lowest BCUT2D eigenvalue weighted by Gasteiger charge is -2.10. The first-order valence-corrected chi connectivity index (χ1v) is 6.98. The highest BCUT2D eigenvalue weighted by atomic mass is 32.2. The Morgan fingerprint density at radius 2 is 2.38 bits per heavy atom. The molecule has 1 heterocycles. The third-order valence-electron chi connectivity index (χ3n) is 2.12. The van der Waals surface area contributed by atoms with Crippen LogP contribution in [0.1, 0.15) is 26.0 Å². The molecule has 0 spiro atoms. The number of hydrogen-bond acceptors (Lipinski definition) is 5. The van der Waals surface area contributed by atoms with E-state index in [0.717, 1.165) is 16.3 Å². The summed E-state index contributed by atoms with van der Waals surface area (Å²) in [6.07, 6.45) is 0.947. The number of nitrogens with two attached hydrogens (primary N) is 1. The van der Waals surface area contributed by atoms with Crippen LogP contribution in [0, 0.1) is 6.92 Å². The molecule has 1 aromatic rings. The summed E-state index contributed by atoms with van der Waals surface area (Å²) in [4.78, 5) is 15.6. The lowest BCUT2D eigenvalue weighted by atomic mass is 10.3. The Morgan fingerprint density at radius 3 is 2.88 bits per heavy atom. The number of aromatic nitrogens is 1. The number of nitrogens with zero attached hydrogens (tertiary/aromatic N) is 1. The molecule has 3 N–H and O–H groups in total. The lowest BCUT2D eigenvalue weighted by Crippen LogP contribution is -2.33. The third-order valence-corrected chi connectivity index (χ3v) is 4.47. The minimum absolute atomic E-state index is 0.0609. The zero-order valence-electron chi connectivity index (χ0n) is 9.74. The lowest BCUT2D eigenvalue weighted by molar-refractivity contribution is -0.119. The minimum Gasteiger partial charge on any atom is -0.375 e. The van der Waals surface area contributed by atoms with Crippen molar-refractivity contribution in [1.82, 2.24) is 10.3 Å². The average molecular weight is 259 g/mol. The monoisotopic (exact) mass is 259 g/mol. The number of thiazole rings is 1. The Kier molecular flexibility index (Phi) is 5.08. The van der Waals surface area contributed by atoms with Crippen molar-refractivity contribution in [2.75, 3.05) is 11.5 Å². The molecule has 1 aromatic heterocycles. The number of anilines is 1. The van der Waals surface area contributed by atoms with Crippen LogP contribution in [0.15, 0.2) is 4.21 Å². The quantitative estimate of drug-likeness (QED) is 0.794. The number of aryl methyl sites for hydroxylation is 1. The first kappa shape index (κ1) is 13.3. The SMILES string of the molecule is CCC(C)NC(=O)CSc1sc(N)nc1C. The Bertz CT molecular complexity index is 365. The summed E-state index contributed by atoms with van der Waals surface area (Å²) in [5.41, 5.74) is 6.49. The summed E-state index contributed by atoms with van der Waals surface area (Å²) in [6.45, 7) is 5.95. The maximum absolute atomic E-state index is 11.5. The second-order valence-corrected chi connectivity index (χ2v) is 5.87. The number of carbonyl (C=O) groups excluding carboxylic acids is 1. The molecule has 0 aliphatic heterocycles. The fraction of sp³-hybridized carbons (Fsp3) is 0.600. The highest BCUT2D eigenvalue weighted by molar-refractivity contribution is 8.01. The second kappa shape index (κ2) is 6.10. The molecule has 0 aromatic carbocycles. The summed E-state index contributed by atoms with van der Waals surface area (Å²) in [5, 5.41) is 3.48. The van der Waals surface area contributed by atoms with Gasteiger partial charge >= 0.3 is 0 Å². The van der Waals surface area contributed by atoms with Crippen molar-refractivity contribution < 1.29 is 4.79 Å². The van der Waals surface area contributed by atoms with Gasteiger partial charge in [-0.25, -0.2) is 4.98 Å². The van der Waals surface area contributed by atoms with Crippen molar-refractivity contribution in [3.05, 3.63) is 5.69 Å². The average Bonchev–Trinajstić information content (AvgIpc) is 2.54. The Balaban J connectivity index is 2.40. The molecule has 0 saturated heterocycles. The van der Waals surface area contributed by atoms with Gasteiger partial charge < -0.3 is 11.1 Å². The standard InChI is InChI=1S/C10H17N3OS2/c1-4-6(2)12-8(14)5-15-9-7(3)13-10(11)16-9/h6H,4-5H2,1-3H3,(H2,11,13)(H,12,14). The topological polar surface area (TPSA) is 68.0 Å². The van der Waals surface area contributed by atoms with E-state index in [-0.39, 0.29) is 11.9 Å². The predicted molar refractivity (Wildman–Crippen MR) is 69.9 cm³/mol. The van der Waals surface area contributed by atoms with Gasteiger partial charge in [0, 0.05) is 6.04 Å². The molecular formula is C10H17N3OS2. The van der Waals surface area contributed by atoms with Gasteiger partial charge in [-0.2, -0.15) is 0 Å². The molecule has 16 heavy (non-hydrogen) atoms. The van der Waals surface area contributed by atoms with Gasteiger partial charge in [-0.05, 0) is 20.3 Å². The van der Waals surface area contributed by atoms with E-state index < -0.39 is 0 Å². The summed E-state index contributed by atoms with van der Waals surface area (Å²) < 4.78 is 1.02. The molecule has 4 nitrogen and oxygen atoms in total. The first-order valence-electron chi connectivity index (χ1n) is 5.18. The van der Waals surface area contributed by atoms with E-state index in [0.29, 0.717) is 10.9 Å². The van der Waals surface area contributed by atoms with E-state index in [4.69, 9.17) is 5.73 Å². The minimum atomic E-state index is 0.0609. The van der Waals surface area contributed by atoms with Gasteiger partial charge in [0.05, 0.1) is 15.7 Å². The molecule has 1 rings (SSSR count). The summed E-state index contributed by atoms with van der Waals surface area (Å²) in [6, 6.07) is 0.237. The van der Waals surface area contributed by atoms with E-state index in [1.54, 1.807) is 0 Å². The molecule has 0 radical (unpaired) electrons. The number of nitrogen functional groups attached to an aromatic ring is 1. The molecule has 90 valence electrons. The summed E-state index contributed by atoms with van der Waals surface area (Å²) in [7, 11) is 0. The Hall–Kier alpha value is -0.750. The molecule has 0 fully saturated rings. The van der Waals surface area contributed by atoms with Crippen LogP contribution in [0.25, 0.3) is 0 Å². The van der Waals surface area contributed by atoms with Gasteiger partial charge in [0.1, 0.15) is 0 Å². The molecule has 0 bridgehead atoms. The maximum atomic E-state index is 11.5. The van der Waals surface area contributed by atoms with Crippen LogP contribution in [0.5, 0.6) is 0 Å². The molecule has 0 saturated carbocycles. The van der Waals surface area contributed by atoms with Crippen LogP contribution < -0.4 is 11.1 Å². The molecule has 0 aliphatic carbocycles. The number of rotatable bonds is 5. The van der Waals surface area contributed by atoms with Crippen molar-refractivity contribution >= 4 is 34.1 Å². The van der Waals surface area contributed by atoms with Crippen molar-refractivity contribution in [3.63, 3.8) is 0 Å². The van der Waals surface area contributed by atoms with Gasteiger partial charge in [0.2, 0.25) is 5.91 Å². The van der Waals surface area contributed by atoms with Gasteiger partial charge in [-0.15, -0.1) is 11.8 Å². The number of hydrogen-bond donors (Lipinski definition) is 2.